The van der Waals surface area contributed by atoms with Crippen LogP contribution in [0.15, 0.2) is 23.2 Å². The molecule has 2 nitrogen and oxygen atoms in total. The SMILES string of the molecule is CC(C)Sc1ccc([C@@H](C)O)nc1. The van der Waals surface area contributed by atoms with Gasteiger partial charge in [-0.2, -0.15) is 0 Å². The first-order valence-electron chi connectivity index (χ1n) is 4.40. The first-order valence-corrected chi connectivity index (χ1v) is 5.28. The van der Waals surface area contributed by atoms with Crippen LogP contribution >= 0.6 is 11.8 Å². The third kappa shape index (κ3) is 3.36. The van der Waals surface area contributed by atoms with Crippen LogP contribution in [-0.4, -0.2) is 15.3 Å². The van der Waals surface area contributed by atoms with E-state index in [4.69, 9.17) is 0 Å². The molecule has 1 aromatic rings. The summed E-state index contributed by atoms with van der Waals surface area (Å²) in [5.41, 5.74) is 0.730. The van der Waals surface area contributed by atoms with E-state index in [1.165, 1.54) is 0 Å². The van der Waals surface area contributed by atoms with Crippen molar-refractivity contribution < 1.29 is 5.11 Å². The van der Waals surface area contributed by atoms with Gasteiger partial charge in [-0.25, -0.2) is 0 Å². The summed E-state index contributed by atoms with van der Waals surface area (Å²) in [5, 5.41) is 9.80. The van der Waals surface area contributed by atoms with Crippen LogP contribution in [-0.2, 0) is 0 Å². The highest BCUT2D eigenvalue weighted by Crippen LogP contribution is 2.22. The average molecular weight is 197 g/mol. The van der Waals surface area contributed by atoms with Gasteiger partial charge >= 0.3 is 0 Å². The number of hydrogen-bond acceptors (Lipinski definition) is 3. The highest BCUT2D eigenvalue weighted by molar-refractivity contribution is 7.99. The molecular weight excluding hydrogens is 182 g/mol. The Bertz CT molecular complexity index is 256. The lowest BCUT2D eigenvalue weighted by Crippen LogP contribution is -1.95. The van der Waals surface area contributed by atoms with Crippen LogP contribution in [0.5, 0.6) is 0 Å². The molecule has 1 atom stereocenters. The molecule has 1 rings (SSSR count). The van der Waals surface area contributed by atoms with Crippen molar-refractivity contribution in [3.63, 3.8) is 0 Å². The van der Waals surface area contributed by atoms with Crippen molar-refractivity contribution in [3.05, 3.63) is 24.0 Å². The van der Waals surface area contributed by atoms with Crippen LogP contribution in [0.25, 0.3) is 0 Å². The second-order valence-corrected chi connectivity index (χ2v) is 4.91. The van der Waals surface area contributed by atoms with Crippen LogP contribution < -0.4 is 0 Å². The maximum atomic E-state index is 9.23. The zero-order valence-corrected chi connectivity index (χ0v) is 9.01. The summed E-state index contributed by atoms with van der Waals surface area (Å²) in [5.74, 6) is 0. The lowest BCUT2D eigenvalue weighted by atomic mass is 10.2. The highest BCUT2D eigenvalue weighted by atomic mass is 32.2. The van der Waals surface area contributed by atoms with Gasteiger partial charge in [0.25, 0.3) is 0 Å². The molecule has 3 heteroatoms. The molecule has 0 aliphatic heterocycles. The van der Waals surface area contributed by atoms with Crippen molar-refractivity contribution in [2.24, 2.45) is 0 Å². The lowest BCUT2D eigenvalue weighted by Gasteiger charge is -2.06. The van der Waals surface area contributed by atoms with Crippen molar-refractivity contribution in [3.8, 4) is 0 Å². The fraction of sp³-hybridized carbons (Fsp3) is 0.500. The van der Waals surface area contributed by atoms with E-state index < -0.39 is 6.10 Å². The molecule has 1 N–H and O–H groups in total. The quantitative estimate of drug-likeness (QED) is 0.756. The van der Waals surface area contributed by atoms with Crippen molar-refractivity contribution >= 4 is 11.8 Å². The number of rotatable bonds is 3. The van der Waals surface area contributed by atoms with E-state index in [1.54, 1.807) is 18.7 Å². The van der Waals surface area contributed by atoms with Crippen LogP contribution in [0.1, 0.15) is 32.6 Å². The van der Waals surface area contributed by atoms with Gasteiger partial charge in [0, 0.05) is 16.3 Å². The van der Waals surface area contributed by atoms with Crippen LogP contribution in [0.3, 0.4) is 0 Å². The summed E-state index contributed by atoms with van der Waals surface area (Å²) in [7, 11) is 0. The minimum atomic E-state index is -0.474. The van der Waals surface area contributed by atoms with Crippen LogP contribution in [0.2, 0.25) is 0 Å². The number of thioether (sulfide) groups is 1. The van der Waals surface area contributed by atoms with E-state index >= 15 is 0 Å². The van der Waals surface area contributed by atoms with E-state index in [-0.39, 0.29) is 0 Å². The van der Waals surface area contributed by atoms with Gasteiger partial charge in [-0.3, -0.25) is 4.98 Å². The Labute approximate surface area is 83.4 Å². The summed E-state index contributed by atoms with van der Waals surface area (Å²) in [6, 6.07) is 3.87. The number of aromatic nitrogens is 1. The van der Waals surface area contributed by atoms with Gasteiger partial charge in [0.15, 0.2) is 0 Å². The Kier molecular flexibility index (Phi) is 3.75. The fourth-order valence-electron chi connectivity index (χ4n) is 0.981. The van der Waals surface area contributed by atoms with Gasteiger partial charge in [0.05, 0.1) is 11.8 Å². The molecule has 1 aromatic heterocycles. The molecule has 0 aromatic carbocycles. The Morgan fingerprint density at radius 2 is 2.00 bits per heavy atom. The highest BCUT2D eigenvalue weighted by Gasteiger charge is 2.03. The fourth-order valence-corrected chi connectivity index (χ4v) is 1.79. The second-order valence-electron chi connectivity index (χ2n) is 3.26. The normalized spacial score (nSPS) is 13.3. The molecule has 0 fully saturated rings. The molecule has 0 unspecified atom stereocenters. The minimum Gasteiger partial charge on any atom is -0.387 e. The summed E-state index contributed by atoms with van der Waals surface area (Å²) in [6.07, 6.45) is 1.34. The van der Waals surface area contributed by atoms with E-state index in [0.717, 1.165) is 10.6 Å². The Hall–Kier alpha value is -0.540. The maximum absolute atomic E-state index is 9.23. The predicted molar refractivity (Wildman–Crippen MR) is 55.9 cm³/mol. The smallest absolute Gasteiger partial charge is 0.0931 e. The lowest BCUT2D eigenvalue weighted by molar-refractivity contribution is 0.194. The topological polar surface area (TPSA) is 33.1 Å². The van der Waals surface area contributed by atoms with Gasteiger partial charge in [0.2, 0.25) is 0 Å². The number of pyridine rings is 1. The molecule has 0 aliphatic carbocycles. The van der Waals surface area contributed by atoms with E-state index in [0.29, 0.717) is 5.25 Å². The Morgan fingerprint density at radius 1 is 1.31 bits per heavy atom. The Morgan fingerprint density at radius 3 is 2.38 bits per heavy atom. The van der Waals surface area contributed by atoms with E-state index in [9.17, 15) is 5.11 Å². The zero-order chi connectivity index (χ0) is 9.84. The van der Waals surface area contributed by atoms with Gasteiger partial charge in [-0.15, -0.1) is 11.8 Å². The number of nitrogens with zero attached hydrogens (tertiary/aromatic N) is 1. The molecule has 0 amide bonds. The molecule has 1 heterocycles. The van der Waals surface area contributed by atoms with Gasteiger partial charge in [0.1, 0.15) is 0 Å². The molecule has 0 bridgehead atoms. The van der Waals surface area contributed by atoms with Gasteiger partial charge in [-0.1, -0.05) is 13.8 Å². The van der Waals surface area contributed by atoms with Gasteiger partial charge in [-0.05, 0) is 19.1 Å². The van der Waals surface area contributed by atoms with E-state index in [2.05, 4.69) is 18.8 Å². The van der Waals surface area contributed by atoms with Crippen molar-refractivity contribution in [1.82, 2.24) is 4.98 Å². The molecule has 0 radical (unpaired) electrons. The number of aliphatic hydroxyl groups is 1. The maximum Gasteiger partial charge on any atom is 0.0931 e. The van der Waals surface area contributed by atoms with E-state index in [1.807, 2.05) is 18.3 Å². The first-order chi connectivity index (χ1) is 6.09. The monoisotopic (exact) mass is 197 g/mol. The summed E-state index contributed by atoms with van der Waals surface area (Å²) < 4.78 is 0. The van der Waals surface area contributed by atoms with Crippen molar-refractivity contribution in [2.75, 3.05) is 0 Å². The second kappa shape index (κ2) is 4.63. The largest absolute Gasteiger partial charge is 0.387 e. The summed E-state index contributed by atoms with van der Waals surface area (Å²) in [4.78, 5) is 5.31. The molecule has 0 saturated carbocycles. The van der Waals surface area contributed by atoms with Gasteiger partial charge < -0.3 is 5.11 Å². The minimum absolute atomic E-state index is 0.474. The number of aliphatic hydroxyl groups excluding tert-OH is 1. The molecule has 0 saturated heterocycles. The first kappa shape index (κ1) is 10.5. The average Bonchev–Trinajstić information content (AvgIpc) is 2.04. The van der Waals surface area contributed by atoms with Crippen LogP contribution in [0, 0.1) is 0 Å². The standard InChI is InChI=1S/C10H15NOS/c1-7(2)13-9-4-5-10(8(3)12)11-6-9/h4-8,12H,1-3H3/t8-/m1/s1. The third-order valence-electron chi connectivity index (χ3n) is 1.56. The van der Waals surface area contributed by atoms with Crippen LogP contribution in [0.4, 0.5) is 0 Å². The molecular formula is C10H15NOS. The zero-order valence-electron chi connectivity index (χ0n) is 8.19. The van der Waals surface area contributed by atoms with Crippen molar-refractivity contribution in [2.45, 2.75) is 37.0 Å². The third-order valence-corrected chi connectivity index (χ3v) is 2.54. The predicted octanol–water partition coefficient (Wildman–Crippen LogP) is 2.64. The summed E-state index contributed by atoms with van der Waals surface area (Å²) >= 11 is 1.77. The summed E-state index contributed by atoms with van der Waals surface area (Å²) in [6.45, 7) is 6.01. The Balaban J connectivity index is 2.70. The molecule has 72 valence electrons. The molecule has 0 spiro atoms. The molecule has 13 heavy (non-hydrogen) atoms. The number of hydrogen-bond donors (Lipinski definition) is 1. The molecule has 0 aliphatic rings. The van der Waals surface area contributed by atoms with Crippen molar-refractivity contribution in [1.29, 1.82) is 0 Å².